The Labute approximate surface area is 93.2 Å². The van der Waals surface area contributed by atoms with Crippen molar-refractivity contribution in [1.82, 2.24) is 0 Å². The highest BCUT2D eigenvalue weighted by Gasteiger charge is 1.50. The molecule has 6 nitrogen and oxygen atoms in total. The van der Waals surface area contributed by atoms with Gasteiger partial charge in [-0.25, -0.2) is 0 Å². The van der Waals surface area contributed by atoms with Crippen LogP contribution in [-0.2, 0) is 9.59 Å². The fourth-order valence-corrected chi connectivity index (χ4v) is 0.231. The van der Waals surface area contributed by atoms with E-state index < -0.39 is 0 Å². The molecule has 0 aromatic carbocycles. The van der Waals surface area contributed by atoms with Crippen molar-refractivity contribution >= 4 is 62.6 Å². The standard InChI is InChI=1S/C2H6N2P2.C2H2O2.2H4NP/c5-3-1-2-4-6;3-1-2-4;2*1-2/h1-2H,5-6H2;1-2H;2*1-2H2. The number of nitrogens with two attached hydrogens (primary N) is 2. The van der Waals surface area contributed by atoms with Crippen LogP contribution in [0.25, 0.3) is 0 Å². The van der Waals surface area contributed by atoms with Crippen molar-refractivity contribution in [3.63, 3.8) is 0 Å². The zero-order valence-corrected chi connectivity index (χ0v) is 12.1. The minimum atomic E-state index is 0.194. The Bertz CT molecular complexity index is 127. The van der Waals surface area contributed by atoms with Crippen LogP contribution in [0.3, 0.4) is 0 Å². The molecular weight excluding hydrogens is 260 g/mol. The molecule has 84 valence electrons. The van der Waals surface area contributed by atoms with E-state index in [1.807, 2.05) is 18.8 Å². The molecule has 0 aromatic heterocycles. The molecule has 0 aliphatic rings. The second kappa shape index (κ2) is 50.6. The number of nitrogens with zero attached hydrogens (tertiary/aromatic N) is 2. The van der Waals surface area contributed by atoms with E-state index in [1.54, 1.807) is 12.4 Å². The van der Waals surface area contributed by atoms with Gasteiger partial charge in [0, 0.05) is 12.4 Å². The van der Waals surface area contributed by atoms with Crippen LogP contribution in [-0.4, -0.2) is 25.0 Å². The van der Waals surface area contributed by atoms with Gasteiger partial charge in [0.15, 0.2) is 12.6 Å². The SMILES string of the molecule is NP.NP.O=CC=O.PN=CC=NP. The molecule has 0 saturated heterocycles. The first-order valence-electron chi connectivity index (χ1n) is 2.84. The molecule has 10 heteroatoms. The molecule has 0 radical (unpaired) electrons. The molecule has 4 atom stereocenters. The Kier molecular flexibility index (Phi) is 86.2. The quantitative estimate of drug-likeness (QED) is 0.308. The van der Waals surface area contributed by atoms with Crippen molar-refractivity contribution in [2.45, 2.75) is 0 Å². The number of rotatable bonds is 2. The van der Waals surface area contributed by atoms with E-state index in [2.05, 4.69) is 39.3 Å². The fourth-order valence-electron chi connectivity index (χ4n) is 0.0770. The van der Waals surface area contributed by atoms with Crippen molar-refractivity contribution in [3.05, 3.63) is 0 Å². The van der Waals surface area contributed by atoms with Crippen molar-refractivity contribution in [1.29, 1.82) is 0 Å². The van der Waals surface area contributed by atoms with Gasteiger partial charge >= 0.3 is 0 Å². The number of hydrogen-bond acceptors (Lipinski definition) is 6. The van der Waals surface area contributed by atoms with Gasteiger partial charge in [0.2, 0.25) is 0 Å². The topological polar surface area (TPSA) is 111 Å². The third-order valence-electron chi connectivity index (χ3n) is 0.294. The Morgan fingerprint density at radius 2 is 1.00 bits per heavy atom. The van der Waals surface area contributed by atoms with Crippen LogP contribution in [0.2, 0.25) is 0 Å². The van der Waals surface area contributed by atoms with Crippen LogP contribution in [0.5, 0.6) is 0 Å². The summed E-state index contributed by atoms with van der Waals surface area (Å²) in [5.41, 5.74) is 8.83. The Morgan fingerprint density at radius 3 is 1.07 bits per heavy atom. The van der Waals surface area contributed by atoms with Gasteiger partial charge < -0.3 is 11.0 Å². The molecule has 14 heavy (non-hydrogen) atoms. The highest BCUT2D eigenvalue weighted by atomic mass is 31.0. The second-order valence-corrected chi connectivity index (χ2v) is 1.46. The molecule has 0 saturated carbocycles. The molecule has 0 spiro atoms. The maximum absolute atomic E-state index is 8.81. The fraction of sp³-hybridized carbons (Fsp3) is 0. The molecule has 0 aliphatic carbocycles. The lowest BCUT2D eigenvalue weighted by atomic mass is 10.9. The Hall–Kier alpha value is 0.320. The molecule has 0 aliphatic heterocycles. The summed E-state index contributed by atoms with van der Waals surface area (Å²) < 4.78 is 7.11. The van der Waals surface area contributed by atoms with E-state index in [0.29, 0.717) is 0 Å². The Morgan fingerprint density at radius 1 is 0.786 bits per heavy atom. The largest absolute Gasteiger partial charge is 0.314 e. The van der Waals surface area contributed by atoms with Gasteiger partial charge in [-0.3, -0.25) is 19.1 Å². The summed E-state index contributed by atoms with van der Waals surface area (Å²) in [5, 5.41) is 0. The van der Waals surface area contributed by atoms with E-state index in [9.17, 15) is 0 Å². The number of aldehydes is 2. The van der Waals surface area contributed by atoms with E-state index in [4.69, 9.17) is 9.59 Å². The molecular formula is C4H16N4O2P4. The van der Waals surface area contributed by atoms with Gasteiger partial charge in [0.05, 0.1) is 0 Å². The van der Waals surface area contributed by atoms with Crippen LogP contribution in [0, 0.1) is 0 Å². The van der Waals surface area contributed by atoms with Crippen molar-refractivity contribution < 1.29 is 9.59 Å². The minimum absolute atomic E-state index is 0.194. The first kappa shape index (κ1) is 23.9. The summed E-state index contributed by atoms with van der Waals surface area (Å²) in [7, 11) is 8.23. The highest BCUT2D eigenvalue weighted by Crippen LogP contribution is 1.77. The van der Waals surface area contributed by atoms with Gasteiger partial charge in [0.1, 0.15) is 0 Å². The summed E-state index contributed by atoms with van der Waals surface area (Å²) in [6, 6.07) is 0. The van der Waals surface area contributed by atoms with Gasteiger partial charge in [-0.1, -0.05) is 18.8 Å². The third kappa shape index (κ3) is 84.6. The van der Waals surface area contributed by atoms with Gasteiger partial charge in [-0.2, -0.15) is 0 Å². The first-order chi connectivity index (χ1) is 6.83. The Balaban J connectivity index is -0.0000000546. The van der Waals surface area contributed by atoms with Crippen LogP contribution in [0.4, 0.5) is 0 Å². The molecule has 0 heterocycles. The predicted octanol–water partition coefficient (Wildman–Crippen LogP) is -0.437. The molecule has 0 aromatic rings. The van der Waals surface area contributed by atoms with Crippen LogP contribution < -0.4 is 11.0 Å². The number of carbonyl (C=O) groups is 2. The lowest BCUT2D eigenvalue weighted by molar-refractivity contribution is -0.122. The zero-order valence-electron chi connectivity index (χ0n) is 7.48. The lowest BCUT2D eigenvalue weighted by Crippen LogP contribution is -1.63. The van der Waals surface area contributed by atoms with E-state index in [1.165, 1.54) is 0 Å². The summed E-state index contributed by atoms with van der Waals surface area (Å²) in [4.78, 5) is 17.6. The van der Waals surface area contributed by atoms with Crippen molar-refractivity contribution in [2.24, 2.45) is 20.5 Å². The average molecular weight is 276 g/mol. The summed E-state index contributed by atoms with van der Waals surface area (Å²) in [6.07, 6.45) is 3.55. The number of carbonyl (C=O) groups excluding carboxylic acids is 2. The average Bonchev–Trinajstić information content (AvgIpc) is 2.32. The summed E-state index contributed by atoms with van der Waals surface area (Å²) in [6.45, 7) is 0. The first-order valence-corrected chi connectivity index (χ1v) is 5.20. The summed E-state index contributed by atoms with van der Waals surface area (Å²) >= 11 is 0. The van der Waals surface area contributed by atoms with Crippen LogP contribution in [0.15, 0.2) is 9.53 Å². The molecule has 0 bridgehead atoms. The molecule has 0 rings (SSSR count). The molecule has 4 unspecified atom stereocenters. The molecule has 4 N–H and O–H groups in total. The minimum Gasteiger partial charge on any atom is -0.314 e. The van der Waals surface area contributed by atoms with Crippen molar-refractivity contribution in [2.75, 3.05) is 0 Å². The smallest absolute Gasteiger partial charge is 0.182 e. The number of hydrogen-bond donors (Lipinski definition) is 2. The molecule has 0 amide bonds. The van der Waals surface area contributed by atoms with Crippen LogP contribution in [0.1, 0.15) is 0 Å². The third-order valence-corrected chi connectivity index (χ3v) is 0.639. The van der Waals surface area contributed by atoms with Crippen LogP contribution >= 0.6 is 37.6 Å². The maximum atomic E-state index is 8.81. The van der Waals surface area contributed by atoms with Crippen molar-refractivity contribution in [3.8, 4) is 0 Å². The zero-order chi connectivity index (χ0) is 12.2. The summed E-state index contributed by atoms with van der Waals surface area (Å²) in [5.74, 6) is 0. The van der Waals surface area contributed by atoms with Gasteiger partial charge in [-0.15, -0.1) is 0 Å². The van der Waals surface area contributed by atoms with E-state index in [0.717, 1.165) is 0 Å². The maximum Gasteiger partial charge on any atom is 0.182 e. The monoisotopic (exact) mass is 276 g/mol. The lowest BCUT2D eigenvalue weighted by Gasteiger charge is -1.63. The normalized spacial score (nSPS) is 7.29. The molecule has 0 fully saturated rings. The van der Waals surface area contributed by atoms with E-state index >= 15 is 0 Å². The van der Waals surface area contributed by atoms with Gasteiger partial charge in [0.25, 0.3) is 0 Å². The highest BCUT2D eigenvalue weighted by molar-refractivity contribution is 7.16. The van der Waals surface area contributed by atoms with E-state index in [-0.39, 0.29) is 12.6 Å². The second-order valence-electron chi connectivity index (χ2n) is 0.868. The predicted molar refractivity (Wildman–Crippen MR) is 76.3 cm³/mol. The van der Waals surface area contributed by atoms with Gasteiger partial charge in [-0.05, 0) is 18.8 Å².